The first kappa shape index (κ1) is 19.6. The minimum atomic E-state index is -0.629. The highest BCUT2D eigenvalue weighted by atomic mass is 16.5. The number of ether oxygens (including phenoxy) is 2. The molecule has 2 aromatic carbocycles. The molecule has 6 nitrogen and oxygen atoms in total. The highest BCUT2D eigenvalue weighted by Gasteiger charge is 2.38. The van der Waals surface area contributed by atoms with Crippen molar-refractivity contribution in [3.8, 4) is 5.75 Å². The van der Waals surface area contributed by atoms with Gasteiger partial charge < -0.3 is 14.4 Å². The first-order valence-corrected chi connectivity index (χ1v) is 9.77. The summed E-state index contributed by atoms with van der Waals surface area (Å²) in [6.07, 6.45) is 1.14. The molecule has 0 saturated carbocycles. The Balaban J connectivity index is 1.54. The summed E-state index contributed by atoms with van der Waals surface area (Å²) in [5, 5.41) is 0. The standard InChI is InChI=1S/C24H22N2O4/c1-29-21-13-6-5-12-20(21)26-16-18(15-22(26)27)24(28)30-23(17-9-3-2-4-10-17)19-11-7-8-14-25-19/h2-14,18,23H,15-16H2,1H3. The fraction of sp³-hybridized carbons (Fsp3) is 0.208. The molecule has 1 fully saturated rings. The van der Waals surface area contributed by atoms with Crippen LogP contribution in [0.15, 0.2) is 79.0 Å². The Labute approximate surface area is 175 Å². The Morgan fingerprint density at radius 1 is 1.03 bits per heavy atom. The molecule has 2 atom stereocenters. The van der Waals surface area contributed by atoms with Crippen LogP contribution in [0.4, 0.5) is 5.69 Å². The van der Waals surface area contributed by atoms with E-state index in [0.29, 0.717) is 17.1 Å². The lowest BCUT2D eigenvalue weighted by molar-refractivity contribution is -0.152. The van der Waals surface area contributed by atoms with Gasteiger partial charge >= 0.3 is 5.97 Å². The zero-order valence-electron chi connectivity index (χ0n) is 16.6. The molecule has 1 saturated heterocycles. The van der Waals surface area contributed by atoms with Crippen LogP contribution >= 0.6 is 0 Å². The predicted molar refractivity (Wildman–Crippen MR) is 112 cm³/mol. The molecule has 1 aliphatic rings. The topological polar surface area (TPSA) is 68.7 Å². The SMILES string of the molecule is COc1ccccc1N1CC(C(=O)OC(c2ccccc2)c2ccccn2)CC1=O. The van der Waals surface area contributed by atoms with Crippen LogP contribution in [-0.4, -0.2) is 30.5 Å². The van der Waals surface area contributed by atoms with Crippen molar-refractivity contribution in [1.29, 1.82) is 0 Å². The third kappa shape index (κ3) is 4.03. The molecule has 0 aliphatic carbocycles. The fourth-order valence-corrected chi connectivity index (χ4v) is 3.62. The van der Waals surface area contributed by atoms with Gasteiger partial charge in [0.1, 0.15) is 5.75 Å². The minimum Gasteiger partial charge on any atom is -0.495 e. The van der Waals surface area contributed by atoms with Crippen LogP contribution in [0.25, 0.3) is 0 Å². The van der Waals surface area contributed by atoms with Crippen LogP contribution < -0.4 is 9.64 Å². The Bertz CT molecular complexity index is 984. The molecule has 4 rings (SSSR count). The van der Waals surface area contributed by atoms with Crippen LogP contribution in [0, 0.1) is 5.92 Å². The van der Waals surface area contributed by atoms with Gasteiger partial charge in [0.25, 0.3) is 0 Å². The molecule has 2 unspecified atom stereocenters. The molecule has 30 heavy (non-hydrogen) atoms. The number of esters is 1. The van der Waals surface area contributed by atoms with Crippen LogP contribution in [0.3, 0.4) is 0 Å². The Morgan fingerprint density at radius 2 is 1.77 bits per heavy atom. The molecular formula is C24H22N2O4. The number of amides is 1. The third-order valence-electron chi connectivity index (χ3n) is 5.13. The smallest absolute Gasteiger partial charge is 0.312 e. The molecule has 1 aromatic heterocycles. The molecule has 0 spiro atoms. The van der Waals surface area contributed by atoms with Crippen LogP contribution in [0.2, 0.25) is 0 Å². The average Bonchev–Trinajstić information content (AvgIpc) is 3.20. The minimum absolute atomic E-state index is 0.0978. The maximum absolute atomic E-state index is 13.0. The van der Waals surface area contributed by atoms with E-state index in [1.54, 1.807) is 24.3 Å². The zero-order chi connectivity index (χ0) is 20.9. The van der Waals surface area contributed by atoms with Crippen molar-refractivity contribution >= 4 is 17.6 Å². The lowest BCUT2D eigenvalue weighted by Gasteiger charge is -2.21. The number of methoxy groups -OCH3 is 1. The zero-order valence-corrected chi connectivity index (χ0v) is 16.6. The van der Waals surface area contributed by atoms with Crippen molar-refractivity contribution in [3.63, 3.8) is 0 Å². The van der Waals surface area contributed by atoms with Gasteiger partial charge in [0.15, 0.2) is 6.10 Å². The number of rotatable bonds is 6. The van der Waals surface area contributed by atoms with Crippen molar-refractivity contribution in [3.05, 3.63) is 90.3 Å². The molecule has 0 radical (unpaired) electrons. The summed E-state index contributed by atoms with van der Waals surface area (Å²) >= 11 is 0. The van der Waals surface area contributed by atoms with E-state index in [0.717, 1.165) is 5.56 Å². The summed E-state index contributed by atoms with van der Waals surface area (Å²) in [5.74, 6) is -0.511. The van der Waals surface area contributed by atoms with E-state index >= 15 is 0 Å². The molecule has 0 bridgehead atoms. The molecule has 1 aliphatic heterocycles. The maximum atomic E-state index is 13.0. The number of anilines is 1. The van der Waals surface area contributed by atoms with Crippen LogP contribution in [0.1, 0.15) is 23.8 Å². The first-order valence-electron chi connectivity index (χ1n) is 9.77. The monoisotopic (exact) mass is 402 g/mol. The van der Waals surface area contributed by atoms with E-state index in [1.807, 2.05) is 66.7 Å². The number of benzene rings is 2. The maximum Gasteiger partial charge on any atom is 0.312 e. The fourth-order valence-electron chi connectivity index (χ4n) is 3.62. The molecular weight excluding hydrogens is 380 g/mol. The highest BCUT2D eigenvalue weighted by Crippen LogP contribution is 2.34. The molecule has 2 heterocycles. The van der Waals surface area contributed by atoms with Gasteiger partial charge in [0, 0.05) is 19.2 Å². The lowest BCUT2D eigenvalue weighted by atomic mass is 10.0. The van der Waals surface area contributed by atoms with E-state index in [2.05, 4.69) is 4.98 Å². The summed E-state index contributed by atoms with van der Waals surface area (Å²) in [7, 11) is 1.56. The number of para-hydroxylation sites is 2. The number of aromatic nitrogens is 1. The molecule has 6 heteroatoms. The van der Waals surface area contributed by atoms with Crippen molar-refractivity contribution in [1.82, 2.24) is 4.98 Å². The lowest BCUT2D eigenvalue weighted by Crippen LogP contribution is -2.27. The van der Waals surface area contributed by atoms with Crippen molar-refractivity contribution < 1.29 is 19.1 Å². The average molecular weight is 402 g/mol. The predicted octanol–water partition coefficient (Wildman–Crippen LogP) is 3.78. The third-order valence-corrected chi connectivity index (χ3v) is 5.13. The molecule has 0 N–H and O–H groups in total. The second kappa shape index (κ2) is 8.78. The summed E-state index contributed by atoms with van der Waals surface area (Å²) in [6.45, 7) is 0.252. The van der Waals surface area contributed by atoms with Gasteiger partial charge in [-0.2, -0.15) is 0 Å². The summed E-state index contributed by atoms with van der Waals surface area (Å²) in [4.78, 5) is 31.6. The summed E-state index contributed by atoms with van der Waals surface area (Å²) in [5.41, 5.74) is 2.13. The number of carbonyl (C=O) groups excluding carboxylic acids is 2. The summed E-state index contributed by atoms with van der Waals surface area (Å²) < 4.78 is 11.2. The Kier molecular flexibility index (Phi) is 5.75. The molecule has 3 aromatic rings. The summed E-state index contributed by atoms with van der Waals surface area (Å²) in [6, 6.07) is 22.3. The largest absolute Gasteiger partial charge is 0.495 e. The first-order chi connectivity index (χ1) is 14.7. The Hall–Kier alpha value is -3.67. The van der Waals surface area contributed by atoms with Gasteiger partial charge in [0.05, 0.1) is 24.4 Å². The highest BCUT2D eigenvalue weighted by molar-refractivity contribution is 6.00. The Morgan fingerprint density at radius 3 is 2.50 bits per heavy atom. The van der Waals surface area contributed by atoms with Gasteiger partial charge in [-0.1, -0.05) is 48.5 Å². The van der Waals surface area contributed by atoms with Gasteiger partial charge in [0.2, 0.25) is 5.91 Å². The van der Waals surface area contributed by atoms with E-state index in [9.17, 15) is 9.59 Å². The van der Waals surface area contributed by atoms with Gasteiger partial charge in [-0.15, -0.1) is 0 Å². The van der Waals surface area contributed by atoms with Gasteiger partial charge in [-0.25, -0.2) is 0 Å². The number of pyridine rings is 1. The number of hydrogen-bond donors (Lipinski definition) is 0. The van der Waals surface area contributed by atoms with E-state index in [-0.39, 0.29) is 18.9 Å². The van der Waals surface area contributed by atoms with E-state index < -0.39 is 18.0 Å². The second-order valence-electron chi connectivity index (χ2n) is 7.06. The van der Waals surface area contributed by atoms with E-state index in [1.165, 1.54) is 0 Å². The number of hydrogen-bond acceptors (Lipinski definition) is 5. The normalized spacial score (nSPS) is 16.9. The van der Waals surface area contributed by atoms with Crippen LogP contribution in [-0.2, 0) is 14.3 Å². The van der Waals surface area contributed by atoms with E-state index in [4.69, 9.17) is 9.47 Å². The number of carbonyl (C=O) groups is 2. The molecule has 1 amide bonds. The van der Waals surface area contributed by atoms with Crippen LogP contribution in [0.5, 0.6) is 5.75 Å². The second-order valence-corrected chi connectivity index (χ2v) is 7.06. The van der Waals surface area contributed by atoms with Gasteiger partial charge in [-0.3, -0.25) is 14.6 Å². The van der Waals surface area contributed by atoms with Crippen molar-refractivity contribution in [2.75, 3.05) is 18.6 Å². The molecule has 152 valence electrons. The van der Waals surface area contributed by atoms with Gasteiger partial charge in [-0.05, 0) is 29.8 Å². The quantitative estimate of drug-likeness (QED) is 0.587. The number of nitrogens with zero attached hydrogens (tertiary/aromatic N) is 2. The van der Waals surface area contributed by atoms with Crippen molar-refractivity contribution in [2.24, 2.45) is 5.92 Å². The van der Waals surface area contributed by atoms with Crippen molar-refractivity contribution in [2.45, 2.75) is 12.5 Å².